The topological polar surface area (TPSA) is 30.0 Å². The number of hydrogen-bond donors (Lipinski definition) is 0. The van der Waals surface area contributed by atoms with Crippen molar-refractivity contribution in [2.75, 3.05) is 0 Å². The van der Waals surface area contributed by atoms with Crippen molar-refractivity contribution >= 4 is 17.1 Å². The zero-order valence-electron chi connectivity index (χ0n) is 9.16. The van der Waals surface area contributed by atoms with Gasteiger partial charge in [0.05, 0.1) is 10.7 Å². The number of carbonyl (C=O) groups excluding carboxylic acids is 1. The lowest BCUT2D eigenvalue weighted by Crippen LogP contribution is -2.12. The van der Waals surface area contributed by atoms with Gasteiger partial charge in [0.15, 0.2) is 0 Å². The zero-order chi connectivity index (χ0) is 10.7. The Labute approximate surface area is 94.7 Å². The smallest absolute Gasteiger partial charge is 0.132 e. The van der Waals surface area contributed by atoms with Crippen molar-refractivity contribution in [1.82, 2.24) is 4.98 Å². The van der Waals surface area contributed by atoms with Crippen LogP contribution in [0.15, 0.2) is 5.38 Å². The number of aromatic nitrogens is 1. The van der Waals surface area contributed by atoms with E-state index in [4.69, 9.17) is 0 Å². The summed E-state index contributed by atoms with van der Waals surface area (Å²) in [5.41, 5.74) is 1.23. The van der Waals surface area contributed by atoms with Gasteiger partial charge in [-0.25, -0.2) is 4.98 Å². The van der Waals surface area contributed by atoms with E-state index < -0.39 is 0 Å². The molecule has 0 saturated heterocycles. The molecule has 1 saturated carbocycles. The fourth-order valence-electron chi connectivity index (χ4n) is 2.08. The largest absolute Gasteiger partial charge is 0.300 e. The lowest BCUT2D eigenvalue weighted by molar-refractivity contribution is -0.120. The molecule has 1 aliphatic rings. The summed E-state index contributed by atoms with van der Waals surface area (Å²) in [6, 6.07) is 0. The van der Waals surface area contributed by atoms with Gasteiger partial charge in [0.1, 0.15) is 5.78 Å². The van der Waals surface area contributed by atoms with Crippen LogP contribution in [0.4, 0.5) is 0 Å². The summed E-state index contributed by atoms with van der Waals surface area (Å²) in [6.45, 7) is 2.18. The normalized spacial score (nSPS) is 18.3. The number of carbonyl (C=O) groups is 1. The van der Waals surface area contributed by atoms with Gasteiger partial charge in [0.2, 0.25) is 0 Å². The zero-order valence-corrected chi connectivity index (χ0v) is 9.98. The molecule has 1 aromatic heterocycles. The van der Waals surface area contributed by atoms with Crippen LogP contribution in [0.5, 0.6) is 0 Å². The SMILES string of the molecule is CCCc1nc(C2CCC(=O)CC2)cs1. The summed E-state index contributed by atoms with van der Waals surface area (Å²) in [4.78, 5) is 15.8. The Bertz CT molecular complexity index is 335. The molecule has 82 valence electrons. The van der Waals surface area contributed by atoms with Crippen LogP contribution in [-0.4, -0.2) is 10.8 Å². The quantitative estimate of drug-likeness (QED) is 0.786. The predicted octanol–water partition coefficient (Wildman–Crippen LogP) is 3.32. The Hall–Kier alpha value is -0.700. The highest BCUT2D eigenvalue weighted by Crippen LogP contribution is 2.31. The summed E-state index contributed by atoms with van der Waals surface area (Å²) >= 11 is 1.77. The maximum Gasteiger partial charge on any atom is 0.132 e. The first-order valence-electron chi connectivity index (χ1n) is 5.75. The Balaban J connectivity index is 1.99. The van der Waals surface area contributed by atoms with Crippen molar-refractivity contribution < 1.29 is 4.79 Å². The molecule has 0 atom stereocenters. The van der Waals surface area contributed by atoms with E-state index in [1.165, 1.54) is 10.7 Å². The number of aryl methyl sites for hydroxylation is 1. The maximum atomic E-state index is 11.1. The van der Waals surface area contributed by atoms with Crippen molar-refractivity contribution in [1.29, 1.82) is 0 Å². The van der Waals surface area contributed by atoms with Crippen molar-refractivity contribution in [3.63, 3.8) is 0 Å². The molecule has 0 spiro atoms. The van der Waals surface area contributed by atoms with Crippen molar-refractivity contribution in [3.05, 3.63) is 16.1 Å². The molecule has 2 nitrogen and oxygen atoms in total. The molecule has 0 radical (unpaired) electrons. The summed E-state index contributed by atoms with van der Waals surface area (Å²) in [6.07, 6.45) is 5.78. The molecule has 0 amide bonds. The first-order valence-corrected chi connectivity index (χ1v) is 6.63. The fraction of sp³-hybridized carbons (Fsp3) is 0.667. The van der Waals surface area contributed by atoms with Gasteiger partial charge < -0.3 is 0 Å². The standard InChI is InChI=1S/C12H17NOS/c1-2-3-12-13-11(8-15-12)9-4-6-10(14)7-5-9/h8-9H,2-7H2,1H3. The summed E-state index contributed by atoms with van der Waals surface area (Å²) in [7, 11) is 0. The molecule has 0 aromatic carbocycles. The van der Waals surface area contributed by atoms with Gasteiger partial charge in [-0.1, -0.05) is 6.92 Å². The van der Waals surface area contributed by atoms with E-state index in [0.29, 0.717) is 11.7 Å². The average Bonchev–Trinajstić information content (AvgIpc) is 2.68. The summed E-state index contributed by atoms with van der Waals surface area (Å²) in [5.74, 6) is 0.972. The summed E-state index contributed by atoms with van der Waals surface area (Å²) < 4.78 is 0. The van der Waals surface area contributed by atoms with Crippen LogP contribution in [-0.2, 0) is 11.2 Å². The van der Waals surface area contributed by atoms with Crippen LogP contribution >= 0.6 is 11.3 Å². The maximum absolute atomic E-state index is 11.1. The van der Waals surface area contributed by atoms with Crippen LogP contribution in [0.25, 0.3) is 0 Å². The minimum atomic E-state index is 0.426. The van der Waals surface area contributed by atoms with Crippen LogP contribution in [0, 0.1) is 0 Å². The van der Waals surface area contributed by atoms with Gasteiger partial charge in [-0.3, -0.25) is 4.79 Å². The highest BCUT2D eigenvalue weighted by atomic mass is 32.1. The molecule has 0 aliphatic heterocycles. The molecule has 2 rings (SSSR count). The van der Waals surface area contributed by atoms with Crippen molar-refractivity contribution in [2.24, 2.45) is 0 Å². The highest BCUT2D eigenvalue weighted by Gasteiger charge is 2.21. The molecule has 3 heteroatoms. The van der Waals surface area contributed by atoms with E-state index in [0.717, 1.165) is 38.5 Å². The molecule has 0 bridgehead atoms. The summed E-state index contributed by atoms with van der Waals surface area (Å²) in [5, 5.41) is 3.44. The number of Topliss-reactive ketones (excluding diaryl/α,β-unsaturated/α-hetero) is 1. The fourth-order valence-corrected chi connectivity index (χ4v) is 3.06. The lowest BCUT2D eigenvalue weighted by atomic mass is 9.87. The van der Waals surface area contributed by atoms with Crippen LogP contribution < -0.4 is 0 Å². The van der Waals surface area contributed by atoms with Gasteiger partial charge in [-0.15, -0.1) is 11.3 Å². The Kier molecular flexibility index (Phi) is 3.52. The van der Waals surface area contributed by atoms with E-state index >= 15 is 0 Å². The molecule has 1 aliphatic carbocycles. The molecule has 0 N–H and O–H groups in total. The van der Waals surface area contributed by atoms with Gasteiger partial charge >= 0.3 is 0 Å². The third-order valence-corrected chi connectivity index (χ3v) is 3.92. The number of nitrogens with zero attached hydrogens (tertiary/aromatic N) is 1. The van der Waals surface area contributed by atoms with Gasteiger partial charge in [-0.05, 0) is 25.7 Å². The van der Waals surface area contributed by atoms with Crippen molar-refractivity contribution in [2.45, 2.75) is 51.4 Å². The number of ketones is 1. The Morgan fingerprint density at radius 1 is 1.47 bits per heavy atom. The molecule has 0 unspecified atom stereocenters. The predicted molar refractivity (Wildman–Crippen MR) is 62.3 cm³/mol. The first kappa shape index (κ1) is 10.8. The van der Waals surface area contributed by atoms with E-state index in [1.54, 1.807) is 11.3 Å². The van der Waals surface area contributed by atoms with Crippen LogP contribution in [0.3, 0.4) is 0 Å². The number of rotatable bonds is 3. The molecule has 1 aromatic rings. The second-order valence-electron chi connectivity index (χ2n) is 4.23. The lowest BCUT2D eigenvalue weighted by Gasteiger charge is -2.18. The molecular weight excluding hydrogens is 206 g/mol. The van der Waals surface area contributed by atoms with E-state index in [1.807, 2.05) is 0 Å². The monoisotopic (exact) mass is 223 g/mol. The van der Waals surface area contributed by atoms with Gasteiger partial charge in [0, 0.05) is 24.1 Å². The molecule has 15 heavy (non-hydrogen) atoms. The highest BCUT2D eigenvalue weighted by molar-refractivity contribution is 7.09. The van der Waals surface area contributed by atoms with Gasteiger partial charge in [-0.2, -0.15) is 0 Å². The van der Waals surface area contributed by atoms with E-state index in [2.05, 4.69) is 17.3 Å². The Morgan fingerprint density at radius 2 is 2.20 bits per heavy atom. The second-order valence-corrected chi connectivity index (χ2v) is 5.17. The molecule has 1 fully saturated rings. The van der Waals surface area contributed by atoms with E-state index in [-0.39, 0.29) is 0 Å². The second kappa shape index (κ2) is 4.88. The minimum Gasteiger partial charge on any atom is -0.300 e. The van der Waals surface area contributed by atoms with Crippen LogP contribution in [0.2, 0.25) is 0 Å². The number of thiazole rings is 1. The third kappa shape index (κ3) is 2.65. The Morgan fingerprint density at radius 3 is 2.87 bits per heavy atom. The number of hydrogen-bond acceptors (Lipinski definition) is 3. The first-order chi connectivity index (χ1) is 7.29. The van der Waals surface area contributed by atoms with Gasteiger partial charge in [0.25, 0.3) is 0 Å². The molecule has 1 heterocycles. The van der Waals surface area contributed by atoms with Crippen LogP contribution in [0.1, 0.15) is 55.6 Å². The van der Waals surface area contributed by atoms with E-state index in [9.17, 15) is 4.79 Å². The minimum absolute atomic E-state index is 0.426. The molecular formula is C12H17NOS. The third-order valence-electron chi connectivity index (χ3n) is 2.99. The van der Waals surface area contributed by atoms with Crippen molar-refractivity contribution in [3.8, 4) is 0 Å². The average molecular weight is 223 g/mol.